The van der Waals surface area contributed by atoms with Gasteiger partial charge in [0.2, 0.25) is 0 Å². The standard InChI is InChI=1S/C18H18ClN3/c1-2-15-17(12-7-5-8-14(19)10-12)18-20-11-13-6-3-4-9-16(13)22(18)21-15/h5,7-8,10-11H,2-4,6,9H2,1H3. The van der Waals surface area contributed by atoms with Crippen LogP contribution in [0, 0.1) is 0 Å². The summed E-state index contributed by atoms with van der Waals surface area (Å²) >= 11 is 6.18. The molecule has 0 amide bonds. The van der Waals surface area contributed by atoms with Crippen LogP contribution < -0.4 is 0 Å². The van der Waals surface area contributed by atoms with Crippen LogP contribution >= 0.6 is 11.6 Å². The second kappa shape index (κ2) is 5.40. The lowest BCUT2D eigenvalue weighted by atomic mass is 9.97. The Labute approximate surface area is 135 Å². The lowest BCUT2D eigenvalue weighted by Crippen LogP contribution is -2.10. The third-order valence-corrected chi connectivity index (χ3v) is 4.70. The van der Waals surface area contributed by atoms with Crippen LogP contribution in [0.4, 0.5) is 0 Å². The molecule has 0 radical (unpaired) electrons. The molecule has 0 N–H and O–H groups in total. The van der Waals surface area contributed by atoms with Gasteiger partial charge in [-0.1, -0.05) is 30.7 Å². The maximum absolute atomic E-state index is 6.18. The largest absolute Gasteiger partial charge is 0.236 e. The molecular weight excluding hydrogens is 294 g/mol. The van der Waals surface area contributed by atoms with Gasteiger partial charge in [0, 0.05) is 22.5 Å². The zero-order valence-electron chi connectivity index (χ0n) is 12.6. The number of rotatable bonds is 2. The van der Waals surface area contributed by atoms with Crippen LogP contribution in [0.1, 0.15) is 36.7 Å². The van der Waals surface area contributed by atoms with E-state index in [1.165, 1.54) is 24.1 Å². The molecule has 4 rings (SSSR count). The fourth-order valence-electron chi connectivity index (χ4n) is 3.38. The molecule has 1 aliphatic carbocycles. The number of hydrogen-bond donors (Lipinski definition) is 0. The summed E-state index contributed by atoms with van der Waals surface area (Å²) in [5.74, 6) is 0. The molecule has 3 nitrogen and oxygen atoms in total. The van der Waals surface area contributed by atoms with Gasteiger partial charge in [-0.15, -0.1) is 0 Å². The Hall–Kier alpha value is -1.87. The minimum Gasteiger partial charge on any atom is -0.236 e. The highest BCUT2D eigenvalue weighted by atomic mass is 35.5. The van der Waals surface area contributed by atoms with Crippen LogP contribution in [-0.2, 0) is 19.3 Å². The molecule has 0 aliphatic heterocycles. The number of hydrogen-bond acceptors (Lipinski definition) is 2. The summed E-state index contributed by atoms with van der Waals surface area (Å²) in [5, 5.41) is 5.61. The Balaban J connectivity index is 2.01. The molecule has 112 valence electrons. The molecule has 1 aromatic carbocycles. The first-order valence-corrected chi connectivity index (χ1v) is 8.30. The molecule has 22 heavy (non-hydrogen) atoms. The Morgan fingerprint density at radius 2 is 2.09 bits per heavy atom. The zero-order valence-corrected chi connectivity index (χ0v) is 13.4. The summed E-state index contributed by atoms with van der Waals surface area (Å²) in [4.78, 5) is 4.73. The van der Waals surface area contributed by atoms with Crippen molar-refractivity contribution in [2.24, 2.45) is 0 Å². The summed E-state index contributed by atoms with van der Waals surface area (Å²) < 4.78 is 2.07. The summed E-state index contributed by atoms with van der Waals surface area (Å²) in [6.45, 7) is 2.14. The Morgan fingerprint density at radius 3 is 2.91 bits per heavy atom. The highest BCUT2D eigenvalue weighted by molar-refractivity contribution is 6.30. The van der Waals surface area contributed by atoms with Gasteiger partial charge in [-0.2, -0.15) is 5.10 Å². The number of benzene rings is 1. The van der Waals surface area contributed by atoms with E-state index in [-0.39, 0.29) is 0 Å². The van der Waals surface area contributed by atoms with E-state index in [4.69, 9.17) is 21.7 Å². The van der Waals surface area contributed by atoms with Gasteiger partial charge in [-0.25, -0.2) is 9.50 Å². The molecule has 0 saturated heterocycles. The lowest BCUT2D eigenvalue weighted by molar-refractivity contribution is 0.638. The van der Waals surface area contributed by atoms with Crippen molar-refractivity contribution in [1.82, 2.24) is 14.6 Å². The average molecular weight is 312 g/mol. The van der Waals surface area contributed by atoms with Gasteiger partial charge in [-0.3, -0.25) is 0 Å². The predicted molar refractivity (Wildman–Crippen MR) is 89.5 cm³/mol. The Kier molecular flexibility index (Phi) is 3.38. The highest BCUT2D eigenvalue weighted by Gasteiger charge is 2.20. The van der Waals surface area contributed by atoms with Crippen molar-refractivity contribution in [3.63, 3.8) is 0 Å². The Morgan fingerprint density at radius 1 is 1.23 bits per heavy atom. The van der Waals surface area contributed by atoms with Gasteiger partial charge in [0.25, 0.3) is 0 Å². The second-order valence-corrected chi connectivity index (χ2v) is 6.29. The monoisotopic (exact) mass is 311 g/mol. The molecule has 0 atom stereocenters. The highest BCUT2D eigenvalue weighted by Crippen LogP contribution is 2.32. The first-order chi connectivity index (χ1) is 10.8. The predicted octanol–water partition coefficient (Wildman–Crippen LogP) is 4.49. The first kappa shape index (κ1) is 13.8. The molecule has 0 saturated carbocycles. The smallest absolute Gasteiger partial charge is 0.163 e. The van der Waals surface area contributed by atoms with E-state index in [1.54, 1.807) is 0 Å². The number of aromatic nitrogens is 3. The second-order valence-electron chi connectivity index (χ2n) is 5.86. The van der Waals surface area contributed by atoms with Gasteiger partial charge in [-0.05, 0) is 55.4 Å². The number of nitrogens with zero attached hydrogens (tertiary/aromatic N) is 3. The fraction of sp³-hybridized carbons (Fsp3) is 0.333. The van der Waals surface area contributed by atoms with Crippen molar-refractivity contribution in [2.45, 2.75) is 39.0 Å². The number of aryl methyl sites for hydroxylation is 3. The van der Waals surface area contributed by atoms with E-state index in [0.29, 0.717) is 0 Å². The molecule has 0 bridgehead atoms. The van der Waals surface area contributed by atoms with Crippen LogP contribution in [0.2, 0.25) is 5.02 Å². The Bertz CT molecular complexity index is 851. The molecule has 1 aliphatic rings. The van der Waals surface area contributed by atoms with E-state index in [9.17, 15) is 0 Å². The maximum atomic E-state index is 6.18. The molecule has 0 unspecified atom stereocenters. The van der Waals surface area contributed by atoms with Gasteiger partial charge in [0.15, 0.2) is 5.65 Å². The molecule has 2 heterocycles. The normalized spacial score (nSPS) is 14.3. The van der Waals surface area contributed by atoms with Gasteiger partial charge >= 0.3 is 0 Å². The van der Waals surface area contributed by atoms with E-state index in [1.807, 2.05) is 24.4 Å². The van der Waals surface area contributed by atoms with Gasteiger partial charge < -0.3 is 0 Å². The van der Waals surface area contributed by atoms with Crippen LogP contribution in [0.5, 0.6) is 0 Å². The molecule has 2 aromatic heterocycles. The van der Waals surface area contributed by atoms with Gasteiger partial charge in [0.1, 0.15) is 0 Å². The molecule has 0 fully saturated rings. The van der Waals surface area contributed by atoms with Crippen LogP contribution in [0.25, 0.3) is 16.8 Å². The van der Waals surface area contributed by atoms with Crippen molar-refractivity contribution >= 4 is 17.2 Å². The van der Waals surface area contributed by atoms with Crippen LogP contribution in [-0.4, -0.2) is 14.6 Å². The van der Waals surface area contributed by atoms with E-state index < -0.39 is 0 Å². The average Bonchev–Trinajstić information content (AvgIpc) is 2.94. The summed E-state index contributed by atoms with van der Waals surface area (Å²) in [7, 11) is 0. The lowest BCUT2D eigenvalue weighted by Gasteiger charge is -2.15. The van der Waals surface area contributed by atoms with Crippen molar-refractivity contribution < 1.29 is 0 Å². The molecule has 4 heteroatoms. The third-order valence-electron chi connectivity index (χ3n) is 4.46. The number of halogens is 1. The van der Waals surface area contributed by atoms with E-state index >= 15 is 0 Å². The summed E-state index contributed by atoms with van der Waals surface area (Å²) in [6, 6.07) is 7.97. The third kappa shape index (κ3) is 2.12. The SMILES string of the molecule is CCc1nn2c3c(cnc2c1-c1cccc(Cl)c1)CCCC3. The van der Waals surface area contributed by atoms with Crippen molar-refractivity contribution in [3.8, 4) is 11.1 Å². The van der Waals surface area contributed by atoms with E-state index in [2.05, 4.69) is 17.5 Å². The van der Waals surface area contributed by atoms with Crippen LogP contribution in [0.3, 0.4) is 0 Å². The maximum Gasteiger partial charge on any atom is 0.163 e. The zero-order chi connectivity index (χ0) is 15.1. The number of fused-ring (bicyclic) bond motifs is 3. The van der Waals surface area contributed by atoms with Crippen molar-refractivity contribution in [1.29, 1.82) is 0 Å². The summed E-state index contributed by atoms with van der Waals surface area (Å²) in [6.07, 6.45) is 7.63. The van der Waals surface area contributed by atoms with Crippen LogP contribution in [0.15, 0.2) is 30.5 Å². The molecular formula is C18H18ClN3. The molecule has 3 aromatic rings. The first-order valence-electron chi connectivity index (χ1n) is 7.92. The minimum atomic E-state index is 0.747. The summed E-state index contributed by atoms with van der Waals surface area (Å²) in [5.41, 5.74) is 6.95. The minimum absolute atomic E-state index is 0.747. The quantitative estimate of drug-likeness (QED) is 0.698. The van der Waals surface area contributed by atoms with Gasteiger partial charge in [0.05, 0.1) is 5.69 Å². The van der Waals surface area contributed by atoms with E-state index in [0.717, 1.165) is 46.8 Å². The topological polar surface area (TPSA) is 30.2 Å². The van der Waals surface area contributed by atoms with Crippen molar-refractivity contribution in [2.75, 3.05) is 0 Å². The fourth-order valence-corrected chi connectivity index (χ4v) is 3.57. The van der Waals surface area contributed by atoms with Crippen molar-refractivity contribution in [3.05, 3.63) is 52.4 Å². The molecule has 0 spiro atoms.